The fourth-order valence-electron chi connectivity index (χ4n) is 1.41. The van der Waals surface area contributed by atoms with Crippen molar-refractivity contribution in [2.75, 3.05) is 11.8 Å². The van der Waals surface area contributed by atoms with Crippen LogP contribution in [0.4, 0.5) is 5.82 Å². The molecule has 1 rings (SSSR count). The van der Waals surface area contributed by atoms with E-state index >= 15 is 0 Å². The zero-order valence-corrected chi connectivity index (χ0v) is 11.7. The number of nitrogens with one attached hydrogen (secondary N) is 1. The summed E-state index contributed by atoms with van der Waals surface area (Å²) < 4.78 is 31.8. The van der Waals surface area contributed by atoms with Gasteiger partial charge < -0.3 is 4.74 Å². The van der Waals surface area contributed by atoms with Crippen molar-refractivity contribution in [1.82, 2.24) is 10.2 Å². The summed E-state index contributed by atoms with van der Waals surface area (Å²) in [6, 6.07) is 3.14. The van der Waals surface area contributed by atoms with Gasteiger partial charge >= 0.3 is 0 Å². The molecule has 19 heavy (non-hydrogen) atoms. The Hall–Kier alpha value is -1.89. The highest BCUT2D eigenvalue weighted by Crippen LogP contribution is 2.14. The Balaban J connectivity index is 2.97. The van der Waals surface area contributed by atoms with Crippen LogP contribution in [-0.4, -0.2) is 31.0 Å². The third-order valence-corrected chi connectivity index (χ3v) is 4.17. The molecule has 0 spiro atoms. The average Bonchev–Trinajstić information content (AvgIpc) is 2.40. The smallest absolute Gasteiger partial charge is 0.240 e. The van der Waals surface area contributed by atoms with Crippen molar-refractivity contribution in [3.05, 3.63) is 42.8 Å². The maximum Gasteiger partial charge on any atom is 0.240 e. The number of aromatic nitrogens is 2. The van der Waals surface area contributed by atoms with Gasteiger partial charge in [0.05, 0.1) is 7.11 Å². The predicted molar refractivity (Wildman–Crippen MR) is 73.9 cm³/mol. The molecule has 6 nitrogen and oxygen atoms in total. The van der Waals surface area contributed by atoms with Crippen molar-refractivity contribution >= 4 is 15.8 Å². The Kier molecular flexibility index (Phi) is 5.50. The summed E-state index contributed by atoms with van der Waals surface area (Å²) in [7, 11) is -2.14. The Bertz CT molecular complexity index is 541. The topological polar surface area (TPSA) is 81.2 Å². The molecule has 1 aromatic heterocycles. The molecule has 1 unspecified atom stereocenters. The molecule has 0 aromatic carbocycles. The number of methoxy groups -OCH3 is 1. The van der Waals surface area contributed by atoms with E-state index in [1.54, 1.807) is 13.0 Å². The molecule has 0 radical (unpaired) electrons. The van der Waals surface area contributed by atoms with E-state index in [0.717, 1.165) is 0 Å². The Morgan fingerprint density at radius 3 is 2.84 bits per heavy atom. The summed E-state index contributed by atoms with van der Waals surface area (Å²) in [6.45, 7) is 5.33. The molecule has 0 saturated heterocycles. The lowest BCUT2D eigenvalue weighted by Crippen LogP contribution is -2.26. The van der Waals surface area contributed by atoms with Gasteiger partial charge in [-0.15, -0.1) is 5.10 Å². The first-order valence-electron chi connectivity index (χ1n) is 5.71. The Morgan fingerprint density at radius 1 is 1.63 bits per heavy atom. The standard InChI is InChI=1S/C12H17N3O3S/c1-4-10(18-3)9-11(5-2)19(16,17)15-12-7-6-8-13-14-12/h4,6-9,11H,1,5H2,2-3H3,(H,14,15). The van der Waals surface area contributed by atoms with Crippen LogP contribution in [-0.2, 0) is 14.8 Å². The molecule has 0 aliphatic rings. The third kappa shape index (κ3) is 4.36. The number of ether oxygens (including phenoxy) is 1. The van der Waals surface area contributed by atoms with Gasteiger partial charge in [-0.1, -0.05) is 13.5 Å². The summed E-state index contributed by atoms with van der Waals surface area (Å²) in [5, 5.41) is 6.57. The number of hydrogen-bond donors (Lipinski definition) is 1. The minimum atomic E-state index is -3.60. The lowest BCUT2D eigenvalue weighted by molar-refractivity contribution is 0.305. The van der Waals surface area contributed by atoms with Crippen LogP contribution < -0.4 is 4.72 Å². The molecule has 0 bridgehead atoms. The first-order chi connectivity index (χ1) is 9.03. The molecule has 104 valence electrons. The lowest BCUT2D eigenvalue weighted by atomic mass is 10.3. The van der Waals surface area contributed by atoms with Crippen LogP contribution in [0.15, 0.2) is 42.8 Å². The van der Waals surface area contributed by atoms with Gasteiger partial charge in [0.2, 0.25) is 10.0 Å². The second-order valence-electron chi connectivity index (χ2n) is 3.68. The van der Waals surface area contributed by atoms with Crippen molar-refractivity contribution in [3.8, 4) is 0 Å². The van der Waals surface area contributed by atoms with E-state index in [2.05, 4.69) is 21.5 Å². The van der Waals surface area contributed by atoms with E-state index in [1.807, 2.05) is 0 Å². The summed E-state index contributed by atoms with van der Waals surface area (Å²) in [5.74, 6) is 0.600. The second kappa shape index (κ2) is 6.89. The third-order valence-electron chi connectivity index (χ3n) is 2.41. The van der Waals surface area contributed by atoms with E-state index in [0.29, 0.717) is 12.2 Å². The fraction of sp³-hybridized carbons (Fsp3) is 0.333. The molecule has 1 atom stereocenters. The number of sulfonamides is 1. The van der Waals surface area contributed by atoms with Gasteiger partial charge in [-0.25, -0.2) is 8.42 Å². The van der Waals surface area contributed by atoms with E-state index < -0.39 is 15.3 Å². The van der Waals surface area contributed by atoms with Crippen molar-refractivity contribution < 1.29 is 13.2 Å². The van der Waals surface area contributed by atoms with E-state index in [1.165, 1.54) is 31.5 Å². The molecular formula is C12H17N3O3S. The summed E-state index contributed by atoms with van der Waals surface area (Å²) >= 11 is 0. The molecule has 0 saturated carbocycles. The molecule has 0 aliphatic heterocycles. The van der Waals surface area contributed by atoms with Crippen molar-refractivity contribution in [3.63, 3.8) is 0 Å². The zero-order chi connectivity index (χ0) is 14.3. The molecule has 1 heterocycles. The summed E-state index contributed by atoms with van der Waals surface area (Å²) in [6.07, 6.45) is 4.83. The van der Waals surface area contributed by atoms with Crippen molar-refractivity contribution in [1.29, 1.82) is 0 Å². The second-order valence-corrected chi connectivity index (χ2v) is 5.58. The SMILES string of the molecule is C=CC(=CC(CC)S(=O)(=O)Nc1cccnn1)OC. The maximum atomic E-state index is 12.2. The maximum absolute atomic E-state index is 12.2. The minimum absolute atomic E-state index is 0.187. The van der Waals surface area contributed by atoms with Crippen molar-refractivity contribution in [2.24, 2.45) is 0 Å². The van der Waals surface area contributed by atoms with Gasteiger partial charge in [0.25, 0.3) is 0 Å². The number of hydrogen-bond acceptors (Lipinski definition) is 5. The van der Waals surface area contributed by atoms with Gasteiger partial charge in [-0.2, -0.15) is 5.10 Å². The Morgan fingerprint density at radius 2 is 2.37 bits per heavy atom. The highest BCUT2D eigenvalue weighted by molar-refractivity contribution is 7.93. The highest BCUT2D eigenvalue weighted by Gasteiger charge is 2.22. The fourth-order valence-corrected chi connectivity index (χ4v) is 2.71. The van der Waals surface area contributed by atoms with Gasteiger partial charge in [0, 0.05) is 6.20 Å². The van der Waals surface area contributed by atoms with Crippen LogP contribution in [0, 0.1) is 0 Å². The van der Waals surface area contributed by atoms with E-state index in [-0.39, 0.29) is 5.82 Å². The van der Waals surface area contributed by atoms with E-state index in [4.69, 9.17) is 4.74 Å². The molecule has 0 fully saturated rings. The summed E-state index contributed by atoms with van der Waals surface area (Å²) in [5.41, 5.74) is 0. The summed E-state index contributed by atoms with van der Waals surface area (Å²) in [4.78, 5) is 0. The molecule has 1 aromatic rings. The number of nitrogens with zero attached hydrogens (tertiary/aromatic N) is 2. The first-order valence-corrected chi connectivity index (χ1v) is 7.25. The minimum Gasteiger partial charge on any atom is -0.497 e. The zero-order valence-electron chi connectivity index (χ0n) is 10.9. The van der Waals surface area contributed by atoms with Gasteiger partial charge in [0.1, 0.15) is 11.0 Å². The highest BCUT2D eigenvalue weighted by atomic mass is 32.2. The molecular weight excluding hydrogens is 266 g/mol. The van der Waals surface area contributed by atoms with E-state index in [9.17, 15) is 8.42 Å². The van der Waals surface area contributed by atoms with Crippen molar-refractivity contribution in [2.45, 2.75) is 18.6 Å². The van der Waals surface area contributed by atoms with Gasteiger partial charge in [-0.05, 0) is 30.7 Å². The van der Waals surface area contributed by atoms with Crippen LogP contribution >= 0.6 is 0 Å². The van der Waals surface area contributed by atoms with Crippen LogP contribution in [0.25, 0.3) is 0 Å². The Labute approximate surface area is 113 Å². The molecule has 7 heteroatoms. The lowest BCUT2D eigenvalue weighted by Gasteiger charge is -2.14. The van der Waals surface area contributed by atoms with Gasteiger partial charge in [-0.3, -0.25) is 4.72 Å². The predicted octanol–water partition coefficient (Wildman–Crippen LogP) is 1.71. The van der Waals surface area contributed by atoms with Crippen LogP contribution in [0.1, 0.15) is 13.3 Å². The quantitative estimate of drug-likeness (QED) is 0.608. The van der Waals surface area contributed by atoms with Crippen LogP contribution in [0.5, 0.6) is 0 Å². The molecule has 0 aliphatic carbocycles. The number of anilines is 1. The van der Waals surface area contributed by atoms with Gasteiger partial charge in [0.15, 0.2) is 5.82 Å². The average molecular weight is 283 g/mol. The number of allylic oxidation sites excluding steroid dienone is 1. The monoisotopic (exact) mass is 283 g/mol. The number of rotatable bonds is 7. The molecule has 0 amide bonds. The normalized spacial score (nSPS) is 13.7. The van der Waals surface area contributed by atoms with Crippen LogP contribution in [0.2, 0.25) is 0 Å². The largest absolute Gasteiger partial charge is 0.497 e. The first kappa shape index (κ1) is 15.2. The molecule has 1 N–H and O–H groups in total. The van der Waals surface area contributed by atoms with Crippen LogP contribution in [0.3, 0.4) is 0 Å².